The number of halogens is 3. The summed E-state index contributed by atoms with van der Waals surface area (Å²) >= 11 is 18.1. The first kappa shape index (κ1) is 15.4. The first-order valence-corrected chi connectivity index (χ1v) is 16.2. The number of hydrogen-bond donors (Lipinski definition) is 0. The standard InChI is InChI=1S/C6H18Cl3NOSi3/c1-12(2,3)10(14(7,8)9)11-13(4,5)6/h1-6H3. The van der Waals surface area contributed by atoms with Gasteiger partial charge in [0, 0.05) is 0 Å². The molecule has 0 aromatic heterocycles. The molecule has 0 spiro atoms. The van der Waals surface area contributed by atoms with E-state index in [2.05, 4.69) is 39.3 Å². The lowest BCUT2D eigenvalue weighted by Gasteiger charge is -2.40. The van der Waals surface area contributed by atoms with Crippen molar-refractivity contribution in [2.75, 3.05) is 0 Å². The van der Waals surface area contributed by atoms with E-state index < -0.39 is 22.7 Å². The van der Waals surface area contributed by atoms with Crippen molar-refractivity contribution in [3.63, 3.8) is 0 Å². The second-order valence-electron chi connectivity index (χ2n) is 5.14. The van der Waals surface area contributed by atoms with Crippen LogP contribution in [0, 0.1) is 0 Å². The minimum Gasteiger partial charge on any atom is -0.354 e. The van der Waals surface area contributed by atoms with E-state index in [0.717, 1.165) is 0 Å². The highest BCUT2D eigenvalue weighted by Crippen LogP contribution is 2.32. The molecule has 0 aromatic rings. The van der Waals surface area contributed by atoms with E-state index in [-0.39, 0.29) is 0 Å². The Bertz CT molecular complexity index is 182. The molecule has 86 valence electrons. The monoisotopic (exact) mass is 309 g/mol. The zero-order valence-corrected chi connectivity index (χ0v) is 14.8. The Morgan fingerprint density at radius 1 is 0.857 bits per heavy atom. The summed E-state index contributed by atoms with van der Waals surface area (Å²) in [5.41, 5.74) is 0. The van der Waals surface area contributed by atoms with Crippen molar-refractivity contribution in [1.29, 1.82) is 0 Å². The van der Waals surface area contributed by atoms with Crippen LogP contribution in [0.2, 0.25) is 39.3 Å². The highest BCUT2D eigenvalue weighted by molar-refractivity contribution is 7.64. The lowest BCUT2D eigenvalue weighted by Crippen LogP contribution is -2.58. The molecule has 2 nitrogen and oxygen atoms in total. The van der Waals surface area contributed by atoms with Crippen LogP contribution >= 0.6 is 33.2 Å². The Morgan fingerprint density at radius 3 is 1.29 bits per heavy atom. The molecule has 0 N–H and O–H groups in total. The summed E-state index contributed by atoms with van der Waals surface area (Å²) in [6.07, 6.45) is -2.91. The van der Waals surface area contributed by atoms with Crippen LogP contribution in [0.15, 0.2) is 0 Å². The third kappa shape index (κ3) is 6.12. The van der Waals surface area contributed by atoms with Crippen LogP contribution in [0.3, 0.4) is 0 Å². The average Bonchev–Trinajstić information content (AvgIpc) is 1.75. The van der Waals surface area contributed by atoms with Crippen molar-refractivity contribution in [2.24, 2.45) is 0 Å². The topological polar surface area (TPSA) is 12.5 Å². The third-order valence-electron chi connectivity index (χ3n) is 1.20. The quantitative estimate of drug-likeness (QED) is 0.441. The number of rotatable bonds is 4. The molecule has 0 fully saturated rings. The van der Waals surface area contributed by atoms with Gasteiger partial charge in [0.05, 0.1) is 0 Å². The molecule has 0 radical (unpaired) electrons. The molecule has 0 aliphatic carbocycles. The molecule has 0 rings (SSSR count). The predicted octanol–water partition coefficient (Wildman–Crippen LogP) is 4.04. The molecule has 0 aliphatic heterocycles. The van der Waals surface area contributed by atoms with Gasteiger partial charge >= 0.3 is 6.16 Å². The lowest BCUT2D eigenvalue weighted by molar-refractivity contribution is 0.104. The largest absolute Gasteiger partial charge is 0.440 e. The van der Waals surface area contributed by atoms with Crippen molar-refractivity contribution in [1.82, 2.24) is 4.39 Å². The van der Waals surface area contributed by atoms with Crippen LogP contribution in [0.5, 0.6) is 0 Å². The van der Waals surface area contributed by atoms with E-state index in [9.17, 15) is 0 Å². The molecule has 14 heavy (non-hydrogen) atoms. The molecular formula is C6H18Cl3NOSi3. The highest BCUT2D eigenvalue weighted by atomic mass is 35.8. The third-order valence-corrected chi connectivity index (χ3v) is 9.84. The van der Waals surface area contributed by atoms with Crippen molar-refractivity contribution >= 4 is 56.0 Å². The fourth-order valence-corrected chi connectivity index (χ4v) is 15.4. The maximum absolute atomic E-state index is 6.02. The van der Waals surface area contributed by atoms with Gasteiger partial charge in [-0.15, -0.1) is 33.2 Å². The molecule has 0 aromatic carbocycles. The van der Waals surface area contributed by atoms with Crippen molar-refractivity contribution < 1.29 is 4.53 Å². The van der Waals surface area contributed by atoms with Gasteiger partial charge in [-0.05, 0) is 19.6 Å². The molecular weight excluding hydrogens is 293 g/mol. The molecule has 0 bridgehead atoms. The van der Waals surface area contributed by atoms with Gasteiger partial charge in [0.2, 0.25) is 8.32 Å². The maximum atomic E-state index is 6.02. The highest BCUT2D eigenvalue weighted by Gasteiger charge is 2.45. The Kier molecular flexibility index (Phi) is 5.24. The van der Waals surface area contributed by atoms with Crippen LogP contribution < -0.4 is 0 Å². The van der Waals surface area contributed by atoms with E-state index in [0.29, 0.717) is 0 Å². The first-order valence-electron chi connectivity index (χ1n) is 4.40. The molecule has 0 amide bonds. The van der Waals surface area contributed by atoms with E-state index in [1.807, 2.05) is 0 Å². The van der Waals surface area contributed by atoms with Gasteiger partial charge < -0.3 is 4.53 Å². The van der Waals surface area contributed by atoms with Gasteiger partial charge in [-0.3, -0.25) is 0 Å². The minimum absolute atomic E-state index is 1.70. The molecule has 0 aliphatic rings. The van der Waals surface area contributed by atoms with Crippen LogP contribution in [-0.4, -0.2) is 27.1 Å². The van der Waals surface area contributed by atoms with E-state index in [1.54, 1.807) is 4.39 Å². The summed E-state index contributed by atoms with van der Waals surface area (Å²) in [5.74, 6) is 0. The van der Waals surface area contributed by atoms with E-state index in [1.165, 1.54) is 0 Å². The molecule has 8 heteroatoms. The smallest absolute Gasteiger partial charge is 0.354 e. The first-order chi connectivity index (χ1) is 5.84. The van der Waals surface area contributed by atoms with Crippen molar-refractivity contribution in [2.45, 2.75) is 39.3 Å². The summed E-state index contributed by atoms with van der Waals surface area (Å²) in [6.45, 7) is 12.6. The summed E-state index contributed by atoms with van der Waals surface area (Å²) in [5, 5.41) is 0. The van der Waals surface area contributed by atoms with Crippen LogP contribution in [0.1, 0.15) is 0 Å². The normalized spacial score (nSPS) is 15.0. The van der Waals surface area contributed by atoms with Crippen LogP contribution in [0.25, 0.3) is 0 Å². The Balaban J connectivity index is 4.78. The van der Waals surface area contributed by atoms with Crippen LogP contribution in [0.4, 0.5) is 0 Å². The van der Waals surface area contributed by atoms with Gasteiger partial charge in [-0.25, -0.2) is 4.39 Å². The van der Waals surface area contributed by atoms with Gasteiger partial charge in [-0.1, -0.05) is 19.6 Å². The fraction of sp³-hybridized carbons (Fsp3) is 1.00. The van der Waals surface area contributed by atoms with Crippen LogP contribution in [-0.2, 0) is 4.53 Å². The predicted molar refractivity (Wildman–Crippen MR) is 72.9 cm³/mol. The Morgan fingerprint density at radius 2 is 1.21 bits per heavy atom. The maximum Gasteiger partial charge on any atom is 0.440 e. The average molecular weight is 311 g/mol. The van der Waals surface area contributed by atoms with Gasteiger partial charge in [0.1, 0.15) is 8.24 Å². The van der Waals surface area contributed by atoms with Gasteiger partial charge in [-0.2, -0.15) is 0 Å². The second-order valence-corrected chi connectivity index (χ2v) is 22.7. The molecule has 0 saturated heterocycles. The fourth-order valence-electron chi connectivity index (χ4n) is 0.843. The van der Waals surface area contributed by atoms with Crippen molar-refractivity contribution in [3.8, 4) is 0 Å². The zero-order chi connectivity index (χ0) is 11.8. The summed E-state index contributed by atoms with van der Waals surface area (Å²) in [7, 11) is -3.42. The molecule has 0 heterocycles. The number of nitrogens with zero attached hydrogens (tertiary/aromatic N) is 1. The van der Waals surface area contributed by atoms with E-state index >= 15 is 0 Å². The molecule has 0 saturated carbocycles. The second kappa shape index (κ2) is 4.75. The SMILES string of the molecule is C[Si](C)(C)ON([Si](C)(C)C)[Si](Cl)(Cl)Cl. The summed E-state index contributed by atoms with van der Waals surface area (Å²) in [4.78, 5) is 0. The summed E-state index contributed by atoms with van der Waals surface area (Å²) in [6, 6.07) is 0. The summed E-state index contributed by atoms with van der Waals surface area (Å²) < 4.78 is 7.59. The van der Waals surface area contributed by atoms with Crippen molar-refractivity contribution in [3.05, 3.63) is 0 Å². The Labute approximate surface area is 104 Å². The van der Waals surface area contributed by atoms with Gasteiger partial charge in [0.25, 0.3) is 0 Å². The zero-order valence-electron chi connectivity index (χ0n) is 9.49. The lowest BCUT2D eigenvalue weighted by atomic mass is 11.8. The molecule has 0 atom stereocenters. The Hall–Kier alpha value is 1.44. The minimum atomic E-state index is -2.91. The molecule has 0 unspecified atom stereocenters. The van der Waals surface area contributed by atoms with E-state index in [4.69, 9.17) is 37.8 Å². The van der Waals surface area contributed by atoms with Gasteiger partial charge in [0.15, 0.2) is 0 Å². The number of hydrogen-bond acceptors (Lipinski definition) is 2.